The molecule has 0 bridgehead atoms. The molecule has 1 heterocycles. The van der Waals surface area contributed by atoms with E-state index in [0.29, 0.717) is 16.4 Å². The van der Waals surface area contributed by atoms with Gasteiger partial charge in [0.15, 0.2) is 5.69 Å². The van der Waals surface area contributed by atoms with Gasteiger partial charge in [-0.1, -0.05) is 12.1 Å². The van der Waals surface area contributed by atoms with Crippen molar-refractivity contribution in [3.63, 3.8) is 0 Å². The maximum atomic E-state index is 12.1. The molecule has 7 heteroatoms. The zero-order valence-corrected chi connectivity index (χ0v) is 10.4. The molecule has 1 aromatic carbocycles. The van der Waals surface area contributed by atoms with Gasteiger partial charge in [0.25, 0.3) is 5.70 Å². The highest BCUT2D eigenvalue weighted by Gasteiger charge is 2.34. The van der Waals surface area contributed by atoms with Gasteiger partial charge >= 0.3 is 5.91 Å². The molecule has 7 nitrogen and oxygen atoms in total. The predicted molar refractivity (Wildman–Crippen MR) is 67.5 cm³/mol. The summed E-state index contributed by atoms with van der Waals surface area (Å²) in [5.41, 5.74) is 0.669. The second kappa shape index (κ2) is 5.37. The summed E-state index contributed by atoms with van der Waals surface area (Å²) in [6.45, 7) is 1.31. The number of allylic oxidation sites excluding steroid dienone is 1. The number of quaternary nitrogens is 1. The molecule has 1 unspecified atom stereocenters. The number of aliphatic hydroxyl groups excluding tert-OH is 1. The van der Waals surface area contributed by atoms with Crippen LogP contribution in [-0.4, -0.2) is 29.4 Å². The van der Waals surface area contributed by atoms with E-state index in [0.717, 1.165) is 0 Å². The first-order valence-corrected chi connectivity index (χ1v) is 5.80. The number of hydrogen-bond donors (Lipinski definition) is 4. The Kier molecular flexibility index (Phi) is 3.82. The van der Waals surface area contributed by atoms with Crippen LogP contribution in [-0.2, 0) is 4.79 Å². The van der Waals surface area contributed by atoms with Crippen molar-refractivity contribution in [3.8, 4) is 0 Å². The van der Waals surface area contributed by atoms with Gasteiger partial charge in [-0.25, -0.2) is 5.21 Å². The number of carbonyl (C=O) groups is 1. The van der Waals surface area contributed by atoms with Crippen LogP contribution in [0.5, 0.6) is 0 Å². The molecule has 0 saturated heterocycles. The van der Waals surface area contributed by atoms with Gasteiger partial charge in [0.2, 0.25) is 0 Å². The van der Waals surface area contributed by atoms with Gasteiger partial charge in [0.05, 0.1) is 18.0 Å². The fraction of sp³-hybridized carbons (Fsp3) is 0.250. The molecule has 2 rings (SSSR count). The normalized spacial score (nSPS) is 18.3. The number of carbonyl (C=O) groups excluding carboxylic acids is 1. The first-order chi connectivity index (χ1) is 9.07. The van der Waals surface area contributed by atoms with Gasteiger partial charge in [-0.2, -0.15) is 0 Å². The van der Waals surface area contributed by atoms with Gasteiger partial charge in [0.1, 0.15) is 0 Å². The fourth-order valence-corrected chi connectivity index (χ4v) is 1.97. The summed E-state index contributed by atoms with van der Waals surface area (Å²) in [6, 6.07) is 6.50. The van der Waals surface area contributed by atoms with E-state index in [-0.39, 0.29) is 29.6 Å². The molecule has 0 aromatic heterocycles. The predicted octanol–water partition coefficient (Wildman–Crippen LogP) is -0.750. The highest BCUT2D eigenvalue weighted by atomic mass is 16.5. The molecular formula is C12H15N3O4. The molecule has 1 aliphatic rings. The average molecular weight is 265 g/mol. The van der Waals surface area contributed by atoms with Crippen molar-refractivity contribution in [2.45, 2.75) is 6.92 Å². The quantitative estimate of drug-likeness (QED) is 0.576. The smallest absolute Gasteiger partial charge is 0.310 e. The Labute approximate surface area is 109 Å². The number of amides is 1. The van der Waals surface area contributed by atoms with Crippen LogP contribution in [0.2, 0.25) is 0 Å². The lowest BCUT2D eigenvalue weighted by atomic mass is 10.1. The van der Waals surface area contributed by atoms with Crippen LogP contribution in [0.25, 0.3) is 0 Å². The van der Waals surface area contributed by atoms with Gasteiger partial charge < -0.3 is 20.7 Å². The molecule has 19 heavy (non-hydrogen) atoms. The van der Waals surface area contributed by atoms with Crippen LogP contribution in [0.1, 0.15) is 6.92 Å². The number of hydrogen-bond acceptors (Lipinski definition) is 5. The number of nitrogens with one attached hydrogen (secondary N) is 2. The van der Waals surface area contributed by atoms with E-state index in [2.05, 4.69) is 5.32 Å². The Bertz CT molecular complexity index is 529. The SMILES string of the molecule is CC1=C(C(=O)NCCO)[NH+](O)c2ccccc2N1[O-]. The molecule has 0 radical (unpaired) electrons. The third-order valence-corrected chi connectivity index (χ3v) is 2.91. The summed E-state index contributed by atoms with van der Waals surface area (Å²) in [7, 11) is 0. The first-order valence-electron chi connectivity index (χ1n) is 5.80. The van der Waals surface area contributed by atoms with Crippen molar-refractivity contribution >= 4 is 17.3 Å². The molecule has 0 spiro atoms. The number of fused-ring (bicyclic) bond motifs is 1. The van der Waals surface area contributed by atoms with Crippen LogP contribution in [0.4, 0.5) is 11.4 Å². The van der Waals surface area contributed by atoms with Gasteiger partial charge in [-0.05, 0) is 13.0 Å². The molecule has 102 valence electrons. The number of anilines is 1. The van der Waals surface area contributed by atoms with E-state index in [9.17, 15) is 15.2 Å². The van der Waals surface area contributed by atoms with Crippen molar-refractivity contribution in [3.05, 3.63) is 40.9 Å². The minimum Gasteiger partial charge on any atom is -0.754 e. The molecule has 0 aliphatic carbocycles. The van der Waals surface area contributed by atoms with Gasteiger partial charge in [0, 0.05) is 12.6 Å². The Morgan fingerprint density at radius 3 is 2.84 bits per heavy atom. The van der Waals surface area contributed by atoms with Crippen LogP contribution < -0.4 is 15.4 Å². The van der Waals surface area contributed by atoms with Crippen molar-refractivity contribution in [2.24, 2.45) is 0 Å². The number of nitrogens with zero attached hydrogens (tertiary/aromatic N) is 1. The highest BCUT2D eigenvalue weighted by molar-refractivity contribution is 5.93. The number of para-hydroxylation sites is 2. The average Bonchev–Trinajstić information content (AvgIpc) is 2.43. The minimum absolute atomic E-state index is 0.0589. The molecule has 1 aromatic rings. The number of hydroxylamine groups is 2. The van der Waals surface area contributed by atoms with E-state index >= 15 is 0 Å². The lowest BCUT2D eigenvalue weighted by molar-refractivity contribution is -0.998. The third kappa shape index (κ3) is 2.32. The zero-order chi connectivity index (χ0) is 14.0. The molecule has 1 aliphatic heterocycles. The topological polar surface area (TPSA) is 100 Å². The fourth-order valence-electron chi connectivity index (χ4n) is 1.97. The Morgan fingerprint density at radius 2 is 2.16 bits per heavy atom. The second-order valence-electron chi connectivity index (χ2n) is 4.10. The lowest BCUT2D eigenvalue weighted by Gasteiger charge is -2.37. The van der Waals surface area contributed by atoms with E-state index in [1.54, 1.807) is 24.3 Å². The molecule has 0 saturated carbocycles. The van der Waals surface area contributed by atoms with E-state index in [1.165, 1.54) is 6.92 Å². The molecule has 0 fully saturated rings. The molecule has 1 atom stereocenters. The molecule has 4 N–H and O–H groups in total. The Morgan fingerprint density at radius 1 is 1.47 bits per heavy atom. The third-order valence-electron chi connectivity index (χ3n) is 2.91. The molecular weight excluding hydrogens is 250 g/mol. The lowest BCUT2D eigenvalue weighted by Crippen LogP contribution is -3.05. The van der Waals surface area contributed by atoms with Gasteiger partial charge in [-0.3, -0.25) is 4.79 Å². The van der Waals surface area contributed by atoms with Crippen LogP contribution in [0, 0.1) is 5.21 Å². The summed E-state index contributed by atoms with van der Waals surface area (Å²) < 4.78 is 0. The Hall–Kier alpha value is -1.93. The van der Waals surface area contributed by atoms with E-state index in [4.69, 9.17) is 5.11 Å². The van der Waals surface area contributed by atoms with Crippen molar-refractivity contribution in [1.29, 1.82) is 0 Å². The van der Waals surface area contributed by atoms with Crippen LogP contribution >= 0.6 is 0 Å². The second-order valence-corrected chi connectivity index (χ2v) is 4.10. The van der Waals surface area contributed by atoms with Crippen LogP contribution in [0.3, 0.4) is 0 Å². The van der Waals surface area contributed by atoms with Crippen molar-refractivity contribution in [2.75, 3.05) is 18.2 Å². The Balaban J connectivity index is 2.39. The molecule has 1 amide bonds. The van der Waals surface area contributed by atoms with Crippen molar-refractivity contribution < 1.29 is 20.2 Å². The number of benzene rings is 1. The minimum atomic E-state index is -0.584. The zero-order valence-electron chi connectivity index (χ0n) is 10.4. The summed E-state index contributed by atoms with van der Waals surface area (Å²) in [5.74, 6) is -0.584. The van der Waals surface area contributed by atoms with E-state index < -0.39 is 5.91 Å². The summed E-state index contributed by atoms with van der Waals surface area (Å²) in [5, 5.41) is 33.7. The monoisotopic (exact) mass is 265 g/mol. The largest absolute Gasteiger partial charge is 0.754 e. The standard InChI is InChI=1S/C12H14N3O4/c1-8-11(12(17)13-6-7-16)15(19)10-5-3-2-4-9(10)14(8)18/h2-5,16,19H,6-7H2,1H3,(H,13,17)/q-1/p+1. The maximum absolute atomic E-state index is 12.1. The maximum Gasteiger partial charge on any atom is 0.310 e. The summed E-state index contributed by atoms with van der Waals surface area (Å²) in [6.07, 6.45) is 0. The highest BCUT2D eigenvalue weighted by Crippen LogP contribution is 2.29. The van der Waals surface area contributed by atoms with E-state index in [1.807, 2.05) is 0 Å². The number of rotatable bonds is 3. The first kappa shape index (κ1) is 13.5. The van der Waals surface area contributed by atoms with Crippen molar-refractivity contribution in [1.82, 2.24) is 5.32 Å². The van der Waals surface area contributed by atoms with Gasteiger partial charge in [-0.15, -0.1) is 5.06 Å². The van der Waals surface area contributed by atoms with Crippen LogP contribution in [0.15, 0.2) is 35.7 Å². The summed E-state index contributed by atoms with van der Waals surface area (Å²) >= 11 is 0. The summed E-state index contributed by atoms with van der Waals surface area (Å²) in [4.78, 5) is 11.9. The number of aliphatic hydroxyl groups is 1.